The monoisotopic (exact) mass is 283 g/mol. The van der Waals surface area contributed by atoms with Crippen LogP contribution < -0.4 is 17.2 Å². The molecule has 1 aromatic carbocycles. The number of nitrogen functional groups attached to an aromatic ring is 3. The van der Waals surface area contributed by atoms with Crippen molar-refractivity contribution in [3.8, 4) is 0 Å². The normalized spacial score (nSPS) is 14.3. The number of rotatable bonds is 2. The third kappa shape index (κ3) is 2.62. The van der Waals surface area contributed by atoms with E-state index in [1.807, 2.05) is 12.1 Å². The molecule has 1 heterocycles. The Balaban J connectivity index is 1.97. The van der Waals surface area contributed by atoms with Crippen molar-refractivity contribution < 1.29 is 0 Å². The highest BCUT2D eigenvalue weighted by Crippen LogP contribution is 2.33. The first-order chi connectivity index (χ1) is 10.1. The van der Waals surface area contributed by atoms with Gasteiger partial charge in [0.25, 0.3) is 0 Å². The molecule has 0 bridgehead atoms. The number of nitrogens with zero attached hydrogens (tertiary/aromatic N) is 4. The van der Waals surface area contributed by atoms with Crippen molar-refractivity contribution in [2.45, 2.75) is 25.7 Å². The van der Waals surface area contributed by atoms with Gasteiger partial charge in [0, 0.05) is 0 Å². The Bertz CT molecular complexity index is 685. The molecule has 1 aromatic heterocycles. The van der Waals surface area contributed by atoms with E-state index in [1.54, 1.807) is 0 Å². The molecule has 1 aliphatic carbocycles. The van der Waals surface area contributed by atoms with E-state index in [4.69, 9.17) is 17.2 Å². The molecule has 7 nitrogen and oxygen atoms in total. The van der Waals surface area contributed by atoms with Crippen molar-refractivity contribution in [2.75, 3.05) is 17.2 Å². The van der Waals surface area contributed by atoms with Gasteiger partial charge in [-0.25, -0.2) is 0 Å². The van der Waals surface area contributed by atoms with Crippen molar-refractivity contribution >= 4 is 29.0 Å². The highest BCUT2D eigenvalue weighted by atomic mass is 15.2. The van der Waals surface area contributed by atoms with Gasteiger partial charge in [0.2, 0.25) is 5.95 Å². The van der Waals surface area contributed by atoms with E-state index in [2.05, 4.69) is 26.3 Å². The minimum absolute atomic E-state index is 0.0287. The SMILES string of the molecule is Nc1nc(N)c(N=Nc2cccc3c2CCCC3)c(N)n1. The van der Waals surface area contributed by atoms with Gasteiger partial charge in [-0.15, -0.1) is 5.11 Å². The topological polar surface area (TPSA) is 129 Å². The summed E-state index contributed by atoms with van der Waals surface area (Å²) in [5.41, 5.74) is 20.7. The first-order valence-corrected chi connectivity index (χ1v) is 6.86. The lowest BCUT2D eigenvalue weighted by Gasteiger charge is -2.16. The number of aryl methyl sites for hydroxylation is 1. The molecule has 0 saturated heterocycles. The summed E-state index contributed by atoms with van der Waals surface area (Å²) in [6.07, 6.45) is 4.51. The summed E-state index contributed by atoms with van der Waals surface area (Å²) in [7, 11) is 0. The van der Waals surface area contributed by atoms with Crippen molar-refractivity contribution in [1.29, 1.82) is 0 Å². The fraction of sp³-hybridized carbons (Fsp3) is 0.286. The average molecular weight is 283 g/mol. The first kappa shape index (κ1) is 13.3. The number of anilines is 3. The van der Waals surface area contributed by atoms with Gasteiger partial charge in [-0.3, -0.25) is 0 Å². The zero-order valence-corrected chi connectivity index (χ0v) is 11.6. The first-order valence-electron chi connectivity index (χ1n) is 6.86. The second kappa shape index (κ2) is 5.35. The number of hydrogen-bond acceptors (Lipinski definition) is 7. The van der Waals surface area contributed by atoms with Gasteiger partial charge < -0.3 is 17.2 Å². The molecule has 0 unspecified atom stereocenters. The zero-order valence-electron chi connectivity index (χ0n) is 11.6. The van der Waals surface area contributed by atoms with Gasteiger partial charge in [0.15, 0.2) is 17.3 Å². The van der Waals surface area contributed by atoms with Gasteiger partial charge in [-0.1, -0.05) is 12.1 Å². The lowest BCUT2D eigenvalue weighted by Crippen LogP contribution is -2.03. The Morgan fingerprint density at radius 3 is 2.38 bits per heavy atom. The van der Waals surface area contributed by atoms with Gasteiger partial charge in [0.05, 0.1) is 5.69 Å². The largest absolute Gasteiger partial charge is 0.382 e. The maximum absolute atomic E-state index is 5.76. The van der Waals surface area contributed by atoms with E-state index < -0.39 is 0 Å². The lowest BCUT2D eigenvalue weighted by atomic mass is 9.91. The van der Waals surface area contributed by atoms with Crippen LogP contribution in [0.15, 0.2) is 28.4 Å². The molecule has 0 atom stereocenters. The third-order valence-electron chi connectivity index (χ3n) is 3.58. The van der Waals surface area contributed by atoms with Gasteiger partial charge in [-0.05, 0) is 42.9 Å². The van der Waals surface area contributed by atoms with Crippen molar-refractivity contribution in [2.24, 2.45) is 10.2 Å². The van der Waals surface area contributed by atoms with Crippen molar-refractivity contribution in [3.05, 3.63) is 29.3 Å². The summed E-state index contributed by atoms with van der Waals surface area (Å²) >= 11 is 0. The van der Waals surface area contributed by atoms with Crippen LogP contribution in [0.4, 0.5) is 29.0 Å². The molecule has 0 fully saturated rings. The van der Waals surface area contributed by atoms with Crippen LogP contribution in [-0.2, 0) is 12.8 Å². The number of benzene rings is 1. The minimum Gasteiger partial charge on any atom is -0.382 e. The molecule has 7 heteroatoms. The molecule has 0 saturated carbocycles. The van der Waals surface area contributed by atoms with Crippen molar-refractivity contribution in [1.82, 2.24) is 9.97 Å². The Labute approximate surface area is 122 Å². The predicted molar refractivity (Wildman–Crippen MR) is 82.5 cm³/mol. The van der Waals surface area contributed by atoms with Crippen LogP contribution in [0.1, 0.15) is 24.0 Å². The molecule has 108 valence electrons. The summed E-state index contributed by atoms with van der Waals surface area (Å²) in [6.45, 7) is 0. The van der Waals surface area contributed by atoms with Crippen LogP contribution in [0.3, 0.4) is 0 Å². The number of fused-ring (bicyclic) bond motifs is 1. The number of aromatic nitrogens is 2. The third-order valence-corrected chi connectivity index (χ3v) is 3.58. The smallest absolute Gasteiger partial charge is 0.224 e. The Kier molecular flexibility index (Phi) is 3.39. The van der Waals surface area contributed by atoms with Crippen LogP contribution in [0.5, 0.6) is 0 Å². The van der Waals surface area contributed by atoms with Crippen molar-refractivity contribution in [3.63, 3.8) is 0 Å². The number of nitrogens with two attached hydrogens (primary N) is 3. The molecule has 0 amide bonds. The van der Waals surface area contributed by atoms with E-state index in [9.17, 15) is 0 Å². The zero-order chi connectivity index (χ0) is 14.8. The number of hydrogen-bond donors (Lipinski definition) is 3. The summed E-state index contributed by atoms with van der Waals surface area (Å²) in [5, 5.41) is 8.40. The maximum Gasteiger partial charge on any atom is 0.224 e. The lowest BCUT2D eigenvalue weighted by molar-refractivity contribution is 0.685. The summed E-state index contributed by atoms with van der Waals surface area (Å²) in [5.74, 6) is 0.295. The maximum atomic E-state index is 5.76. The molecule has 2 aromatic rings. The molecule has 0 radical (unpaired) electrons. The minimum atomic E-state index is 0.0287. The Morgan fingerprint density at radius 2 is 1.62 bits per heavy atom. The predicted octanol–water partition coefficient (Wildman–Crippen LogP) is 2.52. The van der Waals surface area contributed by atoms with E-state index >= 15 is 0 Å². The Morgan fingerprint density at radius 1 is 0.905 bits per heavy atom. The molecule has 6 N–H and O–H groups in total. The standard InChI is InChI=1S/C14H17N7/c15-12-11(13(16)19-14(17)18-12)21-20-10-7-3-5-8-4-1-2-6-9(8)10/h3,5,7H,1-2,4,6H2,(H6,15,16,17,18,19). The van der Waals surface area contributed by atoms with Gasteiger partial charge in [-0.2, -0.15) is 15.1 Å². The Hall–Kier alpha value is -2.70. The van der Waals surface area contributed by atoms with Crippen LogP contribution in [-0.4, -0.2) is 9.97 Å². The second-order valence-corrected chi connectivity index (χ2v) is 5.02. The molecule has 21 heavy (non-hydrogen) atoms. The fourth-order valence-corrected chi connectivity index (χ4v) is 2.57. The fourth-order valence-electron chi connectivity index (χ4n) is 2.57. The summed E-state index contributed by atoms with van der Waals surface area (Å²) < 4.78 is 0. The van der Waals surface area contributed by atoms with Crippen LogP contribution in [0, 0.1) is 0 Å². The summed E-state index contributed by atoms with van der Waals surface area (Å²) in [4.78, 5) is 7.69. The molecule has 0 spiro atoms. The van der Waals surface area contributed by atoms with Crippen LogP contribution in [0.2, 0.25) is 0 Å². The van der Waals surface area contributed by atoms with E-state index in [-0.39, 0.29) is 23.3 Å². The summed E-state index contributed by atoms with van der Waals surface area (Å²) in [6, 6.07) is 6.07. The molecule has 0 aliphatic heterocycles. The highest BCUT2D eigenvalue weighted by molar-refractivity contribution is 5.71. The number of azo groups is 1. The highest BCUT2D eigenvalue weighted by Gasteiger charge is 2.13. The second-order valence-electron chi connectivity index (χ2n) is 5.02. The molecule has 1 aliphatic rings. The molecular weight excluding hydrogens is 266 g/mol. The van der Waals surface area contributed by atoms with E-state index in [0.29, 0.717) is 0 Å². The van der Waals surface area contributed by atoms with Crippen LogP contribution in [0.25, 0.3) is 0 Å². The molecule has 3 rings (SSSR count). The van der Waals surface area contributed by atoms with E-state index in [0.717, 1.165) is 18.5 Å². The van der Waals surface area contributed by atoms with Crippen LogP contribution >= 0.6 is 0 Å². The molecular formula is C14H17N7. The van der Waals surface area contributed by atoms with Gasteiger partial charge in [0.1, 0.15) is 0 Å². The quantitative estimate of drug-likeness (QED) is 0.729. The van der Waals surface area contributed by atoms with E-state index in [1.165, 1.54) is 24.0 Å². The van der Waals surface area contributed by atoms with Gasteiger partial charge >= 0.3 is 0 Å². The average Bonchev–Trinajstić information content (AvgIpc) is 2.46.